The van der Waals surface area contributed by atoms with Gasteiger partial charge in [0, 0.05) is 20.5 Å². The molecule has 9 heavy (non-hydrogen) atoms. The highest BCUT2D eigenvalue weighted by Gasteiger charge is 2.05. The smallest absolute Gasteiger partial charge is 0.222 e. The molecule has 2 nitrogen and oxygen atoms in total. The van der Waals surface area contributed by atoms with Crippen molar-refractivity contribution in [3.63, 3.8) is 0 Å². The average molecular weight is 128 g/mol. The van der Waals surface area contributed by atoms with E-state index in [2.05, 4.69) is 0 Å². The topological polar surface area (TPSA) is 20.3 Å². The number of hydrogen-bond donors (Lipinski definition) is 0. The van der Waals surface area contributed by atoms with Crippen molar-refractivity contribution in [3.05, 3.63) is 5.92 Å². The number of carbonyl (C=O) groups is 1. The quantitative estimate of drug-likeness (QED) is 0.545. The van der Waals surface area contributed by atoms with Gasteiger partial charge in [-0.1, -0.05) is 13.8 Å². The van der Waals surface area contributed by atoms with Crippen molar-refractivity contribution in [2.75, 3.05) is 14.1 Å². The maximum absolute atomic E-state index is 10.9. The van der Waals surface area contributed by atoms with Crippen molar-refractivity contribution in [2.24, 2.45) is 0 Å². The maximum Gasteiger partial charge on any atom is 0.222 e. The van der Waals surface area contributed by atoms with Crippen LogP contribution >= 0.6 is 0 Å². The first kappa shape index (κ1) is 8.47. The molecule has 1 radical (unpaired) electrons. The Balaban J connectivity index is 3.51. The summed E-state index contributed by atoms with van der Waals surface area (Å²) >= 11 is 0. The standard InChI is InChI=1S/C7H14NO/c1-6(2)5-7(9)8(3)4/h5H2,1-4H3. The minimum atomic E-state index is 0.176. The van der Waals surface area contributed by atoms with E-state index >= 15 is 0 Å². The first-order valence-electron chi connectivity index (χ1n) is 3.03. The Kier molecular flexibility index (Phi) is 3.28. The number of nitrogens with zero attached hydrogens (tertiary/aromatic N) is 1. The van der Waals surface area contributed by atoms with Crippen LogP contribution in [0.3, 0.4) is 0 Å². The Labute approximate surface area is 56.9 Å². The van der Waals surface area contributed by atoms with Crippen LogP contribution in [0.15, 0.2) is 0 Å². The molecular formula is C7H14NO. The van der Waals surface area contributed by atoms with Crippen LogP contribution in [0.1, 0.15) is 20.3 Å². The number of hydrogen-bond acceptors (Lipinski definition) is 1. The summed E-state index contributed by atoms with van der Waals surface area (Å²) in [7, 11) is 3.54. The Morgan fingerprint density at radius 3 is 1.89 bits per heavy atom. The van der Waals surface area contributed by atoms with Crippen LogP contribution in [0.5, 0.6) is 0 Å². The highest BCUT2D eigenvalue weighted by molar-refractivity contribution is 5.77. The third kappa shape index (κ3) is 4.01. The molecule has 0 fully saturated rings. The molecular weight excluding hydrogens is 114 g/mol. The Morgan fingerprint density at radius 1 is 1.33 bits per heavy atom. The molecule has 0 spiro atoms. The van der Waals surface area contributed by atoms with E-state index in [-0.39, 0.29) is 5.91 Å². The van der Waals surface area contributed by atoms with Crippen molar-refractivity contribution < 1.29 is 4.79 Å². The summed E-state index contributed by atoms with van der Waals surface area (Å²) in [6.07, 6.45) is 0.576. The van der Waals surface area contributed by atoms with Gasteiger partial charge in [-0.3, -0.25) is 4.79 Å². The summed E-state index contributed by atoms with van der Waals surface area (Å²) in [5.41, 5.74) is 0. The van der Waals surface area contributed by atoms with Crippen LogP contribution in [-0.4, -0.2) is 24.9 Å². The van der Waals surface area contributed by atoms with Crippen LogP contribution in [-0.2, 0) is 4.79 Å². The van der Waals surface area contributed by atoms with Crippen molar-refractivity contribution in [3.8, 4) is 0 Å². The van der Waals surface area contributed by atoms with Crippen molar-refractivity contribution in [1.82, 2.24) is 4.90 Å². The fourth-order valence-corrected chi connectivity index (χ4v) is 0.461. The summed E-state index contributed by atoms with van der Waals surface area (Å²) in [6, 6.07) is 0. The molecule has 0 rings (SSSR count). The zero-order chi connectivity index (χ0) is 7.44. The molecule has 0 N–H and O–H groups in total. The van der Waals surface area contributed by atoms with Gasteiger partial charge in [0.1, 0.15) is 0 Å². The van der Waals surface area contributed by atoms with E-state index in [1.165, 1.54) is 0 Å². The van der Waals surface area contributed by atoms with Gasteiger partial charge in [-0.2, -0.15) is 0 Å². The molecule has 0 atom stereocenters. The summed E-state index contributed by atoms with van der Waals surface area (Å²) < 4.78 is 0. The monoisotopic (exact) mass is 128 g/mol. The molecule has 1 amide bonds. The maximum atomic E-state index is 10.9. The molecule has 0 heterocycles. The molecule has 0 aromatic carbocycles. The fourth-order valence-electron chi connectivity index (χ4n) is 0.461. The Hall–Kier alpha value is -0.530. The van der Waals surface area contributed by atoms with Crippen LogP contribution in [0.4, 0.5) is 0 Å². The van der Waals surface area contributed by atoms with Crippen molar-refractivity contribution in [2.45, 2.75) is 20.3 Å². The lowest BCUT2D eigenvalue weighted by Crippen LogP contribution is -2.22. The SMILES string of the molecule is C[C](C)CC(=O)N(C)C. The third-order valence-electron chi connectivity index (χ3n) is 1.00. The van der Waals surface area contributed by atoms with Gasteiger partial charge >= 0.3 is 0 Å². The van der Waals surface area contributed by atoms with E-state index in [1.807, 2.05) is 13.8 Å². The number of rotatable bonds is 2. The van der Waals surface area contributed by atoms with Gasteiger partial charge < -0.3 is 4.90 Å². The molecule has 0 unspecified atom stereocenters. The van der Waals surface area contributed by atoms with Gasteiger partial charge in [0.15, 0.2) is 0 Å². The van der Waals surface area contributed by atoms with Gasteiger partial charge in [-0.25, -0.2) is 0 Å². The predicted octanol–water partition coefficient (Wildman–Crippen LogP) is 1.08. The minimum Gasteiger partial charge on any atom is -0.349 e. The largest absolute Gasteiger partial charge is 0.349 e. The highest BCUT2D eigenvalue weighted by Crippen LogP contribution is 2.02. The lowest BCUT2D eigenvalue weighted by molar-refractivity contribution is -0.128. The van der Waals surface area contributed by atoms with Crippen LogP contribution in [0.2, 0.25) is 0 Å². The highest BCUT2D eigenvalue weighted by atomic mass is 16.2. The zero-order valence-electron chi connectivity index (χ0n) is 6.56. The van der Waals surface area contributed by atoms with E-state index in [9.17, 15) is 4.79 Å². The molecule has 0 aliphatic carbocycles. The van der Waals surface area contributed by atoms with Crippen molar-refractivity contribution in [1.29, 1.82) is 0 Å². The second-order valence-electron chi connectivity index (χ2n) is 2.67. The van der Waals surface area contributed by atoms with Crippen LogP contribution < -0.4 is 0 Å². The van der Waals surface area contributed by atoms with Gasteiger partial charge in [-0.05, 0) is 5.92 Å². The summed E-state index contributed by atoms with van der Waals surface area (Å²) in [5, 5.41) is 0. The average Bonchev–Trinajstić information content (AvgIpc) is 1.63. The van der Waals surface area contributed by atoms with E-state index in [1.54, 1.807) is 19.0 Å². The van der Waals surface area contributed by atoms with E-state index in [0.717, 1.165) is 5.92 Å². The van der Waals surface area contributed by atoms with Crippen LogP contribution in [0, 0.1) is 5.92 Å². The van der Waals surface area contributed by atoms with Gasteiger partial charge in [0.25, 0.3) is 0 Å². The third-order valence-corrected chi connectivity index (χ3v) is 1.00. The fraction of sp³-hybridized carbons (Fsp3) is 0.714. The molecule has 0 aliphatic heterocycles. The van der Waals surface area contributed by atoms with E-state index < -0.39 is 0 Å². The van der Waals surface area contributed by atoms with E-state index in [4.69, 9.17) is 0 Å². The molecule has 53 valence electrons. The number of amides is 1. The van der Waals surface area contributed by atoms with Gasteiger partial charge in [0.05, 0.1) is 0 Å². The zero-order valence-corrected chi connectivity index (χ0v) is 6.56. The lowest BCUT2D eigenvalue weighted by Gasteiger charge is -2.10. The number of carbonyl (C=O) groups excluding carboxylic acids is 1. The summed E-state index contributed by atoms with van der Waals surface area (Å²) in [6.45, 7) is 3.92. The molecule has 0 bridgehead atoms. The Morgan fingerprint density at radius 2 is 1.78 bits per heavy atom. The van der Waals surface area contributed by atoms with Gasteiger partial charge in [0.2, 0.25) is 5.91 Å². The second kappa shape index (κ2) is 3.49. The lowest BCUT2D eigenvalue weighted by atomic mass is 10.1. The molecule has 2 heteroatoms. The summed E-state index contributed by atoms with van der Waals surface area (Å²) in [4.78, 5) is 12.5. The molecule has 0 saturated carbocycles. The molecule has 0 aromatic heterocycles. The van der Waals surface area contributed by atoms with Crippen LogP contribution in [0.25, 0.3) is 0 Å². The molecule has 0 aromatic rings. The van der Waals surface area contributed by atoms with Gasteiger partial charge in [-0.15, -0.1) is 0 Å². The normalized spacial score (nSPS) is 9.89. The first-order chi connectivity index (χ1) is 4.04. The van der Waals surface area contributed by atoms with E-state index in [0.29, 0.717) is 6.42 Å². The summed E-state index contributed by atoms with van der Waals surface area (Å²) in [5.74, 6) is 1.34. The van der Waals surface area contributed by atoms with Crippen molar-refractivity contribution >= 4 is 5.91 Å². The first-order valence-corrected chi connectivity index (χ1v) is 3.03. The second-order valence-corrected chi connectivity index (χ2v) is 2.67. The predicted molar refractivity (Wildman–Crippen MR) is 37.9 cm³/mol. The Bertz CT molecular complexity index is 97.1. The molecule has 0 saturated heterocycles. The molecule has 0 aliphatic rings. The minimum absolute atomic E-state index is 0.176.